The summed E-state index contributed by atoms with van der Waals surface area (Å²) < 4.78 is 5.09. The molecule has 0 spiro atoms. The number of amides is 1. The summed E-state index contributed by atoms with van der Waals surface area (Å²) in [7, 11) is 1.66. The second-order valence-electron chi connectivity index (χ2n) is 4.79. The topological polar surface area (TPSA) is 77.2 Å². The maximum atomic E-state index is 11.9. The zero-order valence-corrected chi connectivity index (χ0v) is 13.2. The number of carbonyl (C=O) groups is 1. The molecule has 2 rings (SSSR count). The van der Waals surface area contributed by atoms with E-state index < -0.39 is 0 Å². The number of hydrogen-bond acceptors (Lipinski definition) is 4. The predicted molar refractivity (Wildman–Crippen MR) is 88.6 cm³/mol. The van der Waals surface area contributed by atoms with Crippen molar-refractivity contribution in [3.05, 3.63) is 59.4 Å². The van der Waals surface area contributed by atoms with Gasteiger partial charge in [0.05, 0.1) is 24.9 Å². The molecule has 0 saturated heterocycles. The molecule has 0 saturated carbocycles. The molecule has 6 heteroatoms. The summed E-state index contributed by atoms with van der Waals surface area (Å²) in [6.45, 7) is 1.06. The molecule has 0 radical (unpaired) electrons. The highest BCUT2D eigenvalue weighted by Crippen LogP contribution is 2.06. The lowest BCUT2D eigenvalue weighted by Crippen LogP contribution is -2.25. The van der Waals surface area contributed by atoms with E-state index >= 15 is 0 Å². The number of anilines is 1. The molecule has 118 valence electrons. The van der Waals surface area contributed by atoms with Crippen LogP contribution >= 0.6 is 12.4 Å². The van der Waals surface area contributed by atoms with E-state index in [0.29, 0.717) is 24.5 Å². The minimum absolute atomic E-state index is 0. The van der Waals surface area contributed by atoms with E-state index in [1.54, 1.807) is 25.4 Å². The monoisotopic (exact) mass is 321 g/mol. The van der Waals surface area contributed by atoms with E-state index in [0.717, 1.165) is 11.1 Å². The van der Waals surface area contributed by atoms with E-state index in [-0.39, 0.29) is 24.7 Å². The Bertz CT molecular complexity index is 603. The van der Waals surface area contributed by atoms with Gasteiger partial charge in [0.1, 0.15) is 0 Å². The van der Waals surface area contributed by atoms with Crippen LogP contribution in [0.2, 0.25) is 0 Å². The zero-order valence-electron chi connectivity index (χ0n) is 12.4. The van der Waals surface area contributed by atoms with E-state index in [1.165, 1.54) is 0 Å². The fraction of sp³-hybridized carbons (Fsp3) is 0.250. The van der Waals surface area contributed by atoms with Gasteiger partial charge in [-0.3, -0.25) is 9.78 Å². The van der Waals surface area contributed by atoms with E-state index in [2.05, 4.69) is 10.3 Å². The third-order valence-electron chi connectivity index (χ3n) is 2.98. The number of nitrogens with two attached hydrogens (primary N) is 1. The summed E-state index contributed by atoms with van der Waals surface area (Å²) in [6, 6.07) is 11.4. The Morgan fingerprint density at radius 1 is 1.27 bits per heavy atom. The van der Waals surface area contributed by atoms with Crippen LogP contribution in [0.4, 0.5) is 5.69 Å². The Kier molecular flexibility index (Phi) is 7.36. The summed E-state index contributed by atoms with van der Waals surface area (Å²) in [6.07, 6.45) is 1.80. The number of hydrogen-bond donors (Lipinski definition) is 2. The number of aromatic nitrogens is 1. The van der Waals surface area contributed by atoms with Gasteiger partial charge in [0, 0.05) is 19.3 Å². The van der Waals surface area contributed by atoms with Gasteiger partial charge in [-0.15, -0.1) is 12.4 Å². The van der Waals surface area contributed by atoms with Crippen LogP contribution in [0.1, 0.15) is 16.8 Å². The van der Waals surface area contributed by atoms with Crippen molar-refractivity contribution in [3.63, 3.8) is 0 Å². The van der Waals surface area contributed by atoms with Gasteiger partial charge in [0.25, 0.3) is 0 Å². The van der Waals surface area contributed by atoms with Crippen molar-refractivity contribution in [2.75, 3.05) is 12.8 Å². The molecule has 3 N–H and O–H groups in total. The minimum atomic E-state index is -0.0654. The molecule has 1 heterocycles. The zero-order chi connectivity index (χ0) is 15.1. The van der Waals surface area contributed by atoms with Crippen molar-refractivity contribution in [2.45, 2.75) is 19.6 Å². The van der Waals surface area contributed by atoms with Gasteiger partial charge < -0.3 is 15.8 Å². The number of pyridine rings is 1. The summed E-state index contributed by atoms with van der Waals surface area (Å²) in [5, 5.41) is 2.88. The summed E-state index contributed by atoms with van der Waals surface area (Å²) in [5.74, 6) is -0.0654. The third-order valence-corrected chi connectivity index (χ3v) is 2.98. The maximum absolute atomic E-state index is 11.9. The first kappa shape index (κ1) is 17.9. The Labute approximate surface area is 136 Å². The second-order valence-corrected chi connectivity index (χ2v) is 4.79. The Morgan fingerprint density at radius 3 is 2.73 bits per heavy atom. The third kappa shape index (κ3) is 5.71. The second kappa shape index (κ2) is 9.02. The van der Waals surface area contributed by atoms with E-state index in [9.17, 15) is 4.79 Å². The van der Waals surface area contributed by atoms with Gasteiger partial charge in [-0.05, 0) is 23.3 Å². The van der Waals surface area contributed by atoms with Crippen LogP contribution in [0.5, 0.6) is 0 Å². The smallest absolute Gasteiger partial charge is 0.226 e. The lowest BCUT2D eigenvalue weighted by atomic mass is 10.1. The SMILES string of the molecule is COCc1cccc(CNC(=O)Cc2ccc(N)cn2)c1.Cl. The molecule has 0 aliphatic rings. The van der Waals surface area contributed by atoms with Gasteiger partial charge >= 0.3 is 0 Å². The van der Waals surface area contributed by atoms with Crippen LogP contribution in [0.15, 0.2) is 42.6 Å². The van der Waals surface area contributed by atoms with Crippen molar-refractivity contribution < 1.29 is 9.53 Å². The molecular formula is C16H20ClN3O2. The highest BCUT2D eigenvalue weighted by Gasteiger charge is 2.04. The molecule has 2 aromatic rings. The Morgan fingerprint density at radius 2 is 2.05 bits per heavy atom. The average Bonchev–Trinajstić information content (AvgIpc) is 2.48. The van der Waals surface area contributed by atoms with Crippen molar-refractivity contribution in [1.29, 1.82) is 0 Å². The highest BCUT2D eigenvalue weighted by atomic mass is 35.5. The molecule has 1 aromatic carbocycles. The highest BCUT2D eigenvalue weighted by molar-refractivity contribution is 5.85. The summed E-state index contributed by atoms with van der Waals surface area (Å²) in [4.78, 5) is 16.0. The largest absolute Gasteiger partial charge is 0.397 e. The molecule has 1 aromatic heterocycles. The van der Waals surface area contributed by atoms with Crippen LogP contribution in [-0.2, 0) is 29.1 Å². The van der Waals surface area contributed by atoms with Gasteiger partial charge in [-0.25, -0.2) is 0 Å². The lowest BCUT2D eigenvalue weighted by molar-refractivity contribution is -0.120. The van der Waals surface area contributed by atoms with Crippen LogP contribution in [-0.4, -0.2) is 18.0 Å². The quantitative estimate of drug-likeness (QED) is 0.854. The number of halogens is 1. The van der Waals surface area contributed by atoms with E-state index in [4.69, 9.17) is 10.5 Å². The number of benzene rings is 1. The number of nitrogens with one attached hydrogen (secondary N) is 1. The molecule has 0 atom stereocenters. The fourth-order valence-corrected chi connectivity index (χ4v) is 1.96. The summed E-state index contributed by atoms with van der Waals surface area (Å²) in [5.41, 5.74) is 8.99. The first-order chi connectivity index (χ1) is 10.2. The molecule has 1 amide bonds. The van der Waals surface area contributed by atoms with Crippen molar-refractivity contribution >= 4 is 24.0 Å². The number of ether oxygens (including phenoxy) is 1. The van der Waals surface area contributed by atoms with Gasteiger partial charge in [0.2, 0.25) is 5.91 Å². The molecular weight excluding hydrogens is 302 g/mol. The van der Waals surface area contributed by atoms with Crippen LogP contribution in [0.3, 0.4) is 0 Å². The molecule has 5 nitrogen and oxygen atoms in total. The lowest BCUT2D eigenvalue weighted by Gasteiger charge is -2.07. The molecule has 0 bridgehead atoms. The first-order valence-corrected chi connectivity index (χ1v) is 6.71. The van der Waals surface area contributed by atoms with Crippen molar-refractivity contribution in [3.8, 4) is 0 Å². The van der Waals surface area contributed by atoms with Gasteiger partial charge in [0.15, 0.2) is 0 Å². The standard InChI is InChI=1S/C16H19N3O2.ClH/c1-21-11-13-4-2-3-12(7-13)9-19-16(20)8-15-6-5-14(17)10-18-15;/h2-7,10H,8-9,11,17H2,1H3,(H,19,20);1H. The molecule has 0 aliphatic heterocycles. The summed E-state index contributed by atoms with van der Waals surface area (Å²) >= 11 is 0. The molecule has 0 fully saturated rings. The minimum Gasteiger partial charge on any atom is -0.397 e. The maximum Gasteiger partial charge on any atom is 0.226 e. The average molecular weight is 322 g/mol. The molecule has 0 unspecified atom stereocenters. The van der Waals surface area contributed by atoms with Crippen molar-refractivity contribution in [1.82, 2.24) is 10.3 Å². The van der Waals surface area contributed by atoms with Gasteiger partial charge in [-0.2, -0.15) is 0 Å². The van der Waals surface area contributed by atoms with Crippen molar-refractivity contribution in [2.24, 2.45) is 0 Å². The number of nitrogens with zero attached hydrogens (tertiary/aromatic N) is 1. The Balaban J connectivity index is 0.00000242. The van der Waals surface area contributed by atoms with Crippen LogP contribution < -0.4 is 11.1 Å². The van der Waals surface area contributed by atoms with Gasteiger partial charge in [-0.1, -0.05) is 24.3 Å². The predicted octanol–water partition coefficient (Wildman–Crippen LogP) is 2.09. The molecule has 22 heavy (non-hydrogen) atoms. The molecule has 0 aliphatic carbocycles. The number of nitrogen functional groups attached to an aromatic ring is 1. The Hall–Kier alpha value is -2.11. The fourth-order valence-electron chi connectivity index (χ4n) is 1.96. The van der Waals surface area contributed by atoms with Crippen LogP contribution in [0, 0.1) is 0 Å². The number of carbonyl (C=O) groups excluding carboxylic acids is 1. The number of methoxy groups -OCH3 is 1. The number of rotatable bonds is 6. The van der Waals surface area contributed by atoms with E-state index in [1.807, 2.05) is 24.3 Å². The normalized spacial score (nSPS) is 9.86. The van der Waals surface area contributed by atoms with Crippen LogP contribution in [0.25, 0.3) is 0 Å². The first-order valence-electron chi connectivity index (χ1n) is 6.71.